The highest BCUT2D eigenvalue weighted by atomic mass is 16.5. The van der Waals surface area contributed by atoms with Gasteiger partial charge in [-0.2, -0.15) is 0 Å². The van der Waals surface area contributed by atoms with Gasteiger partial charge in [0.2, 0.25) is 0 Å². The summed E-state index contributed by atoms with van der Waals surface area (Å²) in [6.07, 6.45) is 8.49. The number of aromatic nitrogens is 1. The molecule has 0 spiro atoms. The van der Waals surface area contributed by atoms with Crippen LogP contribution in [-0.2, 0) is 14.9 Å². The lowest BCUT2D eigenvalue weighted by molar-refractivity contribution is -0.134. The minimum absolute atomic E-state index is 0.181. The van der Waals surface area contributed by atoms with Crippen molar-refractivity contribution in [2.45, 2.75) is 25.3 Å². The van der Waals surface area contributed by atoms with E-state index in [2.05, 4.69) is 9.98 Å². The van der Waals surface area contributed by atoms with E-state index < -0.39 is 11.4 Å². The van der Waals surface area contributed by atoms with Crippen LogP contribution in [0.3, 0.4) is 0 Å². The van der Waals surface area contributed by atoms with Gasteiger partial charge in [-0.1, -0.05) is 30.4 Å². The lowest BCUT2D eigenvalue weighted by atomic mass is 9.72. The van der Waals surface area contributed by atoms with Crippen LogP contribution in [0.1, 0.15) is 18.1 Å². The highest BCUT2D eigenvalue weighted by Crippen LogP contribution is 2.36. The summed E-state index contributed by atoms with van der Waals surface area (Å²) >= 11 is 0. The summed E-state index contributed by atoms with van der Waals surface area (Å²) in [6.45, 7) is 3.86. The molecule has 2 aromatic rings. The van der Waals surface area contributed by atoms with Crippen LogP contribution < -0.4 is 5.56 Å². The third-order valence-electron chi connectivity index (χ3n) is 4.77. The average Bonchev–Trinajstić information content (AvgIpc) is 2.61. The van der Waals surface area contributed by atoms with Crippen LogP contribution in [0.2, 0.25) is 0 Å². The number of hydrogen-bond donors (Lipinski definition) is 1. The Kier molecular flexibility index (Phi) is 4.40. The average molecular weight is 336 g/mol. The molecule has 128 valence electrons. The molecule has 3 rings (SSSR count). The number of aliphatic imine (C=N–C) groups is 1. The second-order valence-corrected chi connectivity index (χ2v) is 6.12. The van der Waals surface area contributed by atoms with Gasteiger partial charge in [0.1, 0.15) is 0 Å². The van der Waals surface area contributed by atoms with Crippen molar-refractivity contribution in [3.8, 4) is 0 Å². The van der Waals surface area contributed by atoms with Gasteiger partial charge in [-0.25, -0.2) is 4.79 Å². The molecule has 0 radical (unpaired) electrons. The molecule has 1 aliphatic rings. The number of hydrogen-bond acceptors (Lipinski definition) is 4. The van der Waals surface area contributed by atoms with Crippen molar-refractivity contribution in [3.05, 3.63) is 70.1 Å². The van der Waals surface area contributed by atoms with E-state index in [1.165, 1.54) is 13.2 Å². The number of nitrogens with one attached hydrogen (secondary N) is 1. The van der Waals surface area contributed by atoms with E-state index in [0.717, 1.165) is 16.5 Å². The second kappa shape index (κ2) is 6.51. The molecule has 0 bridgehead atoms. The Hall–Kier alpha value is -2.95. The van der Waals surface area contributed by atoms with Crippen molar-refractivity contribution in [1.82, 2.24) is 4.98 Å². The Morgan fingerprint density at radius 3 is 2.84 bits per heavy atom. The molecule has 5 nitrogen and oxygen atoms in total. The molecule has 1 aromatic heterocycles. The number of fused-ring (bicyclic) bond motifs is 1. The van der Waals surface area contributed by atoms with Crippen molar-refractivity contribution in [1.29, 1.82) is 0 Å². The van der Waals surface area contributed by atoms with Crippen LogP contribution >= 0.6 is 0 Å². The number of ether oxygens (including phenoxy) is 1. The number of nitrogens with zero attached hydrogens (tertiary/aromatic N) is 1. The Morgan fingerprint density at radius 1 is 1.36 bits per heavy atom. The number of dihydropyridines is 1. The molecule has 2 atom stereocenters. The number of benzene rings is 1. The van der Waals surface area contributed by atoms with Crippen LogP contribution in [0, 0.1) is 6.92 Å². The van der Waals surface area contributed by atoms with Crippen molar-refractivity contribution in [2.75, 3.05) is 7.11 Å². The zero-order valence-electron chi connectivity index (χ0n) is 14.4. The lowest BCUT2D eigenvalue weighted by Crippen LogP contribution is -2.40. The van der Waals surface area contributed by atoms with Crippen LogP contribution in [-0.4, -0.2) is 30.3 Å². The van der Waals surface area contributed by atoms with Crippen molar-refractivity contribution >= 4 is 23.1 Å². The third kappa shape index (κ3) is 2.82. The van der Waals surface area contributed by atoms with Gasteiger partial charge in [-0.15, -0.1) is 0 Å². The summed E-state index contributed by atoms with van der Waals surface area (Å²) < 4.78 is 4.71. The quantitative estimate of drug-likeness (QED) is 0.692. The van der Waals surface area contributed by atoms with E-state index in [-0.39, 0.29) is 11.6 Å². The van der Waals surface area contributed by atoms with Gasteiger partial charge in [0.15, 0.2) is 0 Å². The van der Waals surface area contributed by atoms with Gasteiger partial charge in [-0.3, -0.25) is 9.79 Å². The Balaban J connectivity index is 2.31. The van der Waals surface area contributed by atoms with Gasteiger partial charge < -0.3 is 9.72 Å². The van der Waals surface area contributed by atoms with Gasteiger partial charge in [0.25, 0.3) is 5.56 Å². The number of carbonyl (C=O) groups excluding carboxylic acids is 1. The zero-order valence-corrected chi connectivity index (χ0v) is 14.4. The van der Waals surface area contributed by atoms with E-state index in [1.807, 2.05) is 44.2 Å². The Bertz CT molecular complexity index is 969. The number of aryl methyl sites for hydroxylation is 1. The fraction of sp³-hybridized carbons (Fsp3) is 0.250. The molecule has 0 saturated heterocycles. The number of rotatable bonds is 3. The van der Waals surface area contributed by atoms with Crippen LogP contribution in [0.5, 0.6) is 0 Å². The maximum absolute atomic E-state index is 12.9. The number of allylic oxidation sites excluding steroid dienone is 1. The molecule has 5 heteroatoms. The van der Waals surface area contributed by atoms with E-state index in [4.69, 9.17) is 4.74 Å². The third-order valence-corrected chi connectivity index (χ3v) is 4.77. The monoisotopic (exact) mass is 336 g/mol. The van der Waals surface area contributed by atoms with Crippen LogP contribution in [0.4, 0.5) is 0 Å². The first kappa shape index (κ1) is 16.9. The molecular weight excluding hydrogens is 316 g/mol. The summed E-state index contributed by atoms with van der Waals surface area (Å²) in [5, 5.41) is 0.970. The molecular formula is C20H20N2O3. The van der Waals surface area contributed by atoms with Crippen molar-refractivity contribution < 1.29 is 9.53 Å². The molecule has 1 N–H and O–H groups in total. The number of H-pyrrole nitrogens is 1. The summed E-state index contributed by atoms with van der Waals surface area (Å²) in [6, 6.07) is 7.44. The van der Waals surface area contributed by atoms with Crippen molar-refractivity contribution in [2.24, 2.45) is 4.99 Å². The summed E-state index contributed by atoms with van der Waals surface area (Å²) in [7, 11) is 1.33. The second-order valence-electron chi connectivity index (χ2n) is 6.12. The SMILES string of the molecule is COC(=O)/C=C/C1(c2c(C)c3ccccc3[nH]c2=O)C=CC=NC1C. The van der Waals surface area contributed by atoms with Gasteiger partial charge in [0.05, 0.1) is 18.6 Å². The highest BCUT2D eigenvalue weighted by Gasteiger charge is 2.38. The van der Waals surface area contributed by atoms with E-state index in [1.54, 1.807) is 18.4 Å². The molecule has 25 heavy (non-hydrogen) atoms. The number of methoxy groups -OCH3 is 1. The van der Waals surface area contributed by atoms with Crippen LogP contribution in [0.15, 0.2) is 58.4 Å². The predicted octanol–water partition coefficient (Wildman–Crippen LogP) is 2.83. The number of para-hydroxylation sites is 1. The molecule has 2 heterocycles. The first-order valence-electron chi connectivity index (χ1n) is 8.10. The summed E-state index contributed by atoms with van der Waals surface area (Å²) in [5.41, 5.74) is 1.26. The van der Waals surface area contributed by atoms with Crippen molar-refractivity contribution in [3.63, 3.8) is 0 Å². The van der Waals surface area contributed by atoms with Crippen LogP contribution in [0.25, 0.3) is 10.9 Å². The lowest BCUT2D eigenvalue weighted by Gasteiger charge is -2.34. The van der Waals surface area contributed by atoms with E-state index in [9.17, 15) is 9.59 Å². The minimum atomic E-state index is -0.815. The number of pyridine rings is 1. The Morgan fingerprint density at radius 2 is 2.12 bits per heavy atom. The summed E-state index contributed by atoms with van der Waals surface area (Å²) in [4.78, 5) is 32.0. The molecule has 0 saturated carbocycles. The molecule has 0 amide bonds. The number of esters is 1. The smallest absolute Gasteiger partial charge is 0.330 e. The van der Waals surface area contributed by atoms with E-state index >= 15 is 0 Å². The standard InChI is InChI=1S/C20H20N2O3/c1-13-15-7-4-5-8-16(15)22-19(24)18(13)20(11-9-17(23)25-3)10-6-12-21-14(20)2/h4-12,14H,1-3H3,(H,22,24)/b11-9+. The van der Waals surface area contributed by atoms with Gasteiger partial charge in [-0.05, 0) is 31.6 Å². The molecule has 1 aromatic carbocycles. The molecule has 1 aliphatic heterocycles. The number of aromatic amines is 1. The van der Waals surface area contributed by atoms with Gasteiger partial charge in [0, 0.05) is 28.8 Å². The normalized spacial score (nSPS) is 22.6. The topological polar surface area (TPSA) is 71.5 Å². The summed E-state index contributed by atoms with van der Waals surface area (Å²) in [5.74, 6) is -0.468. The zero-order chi connectivity index (χ0) is 18.0. The fourth-order valence-corrected chi connectivity index (χ4v) is 3.42. The fourth-order valence-electron chi connectivity index (χ4n) is 3.42. The first-order chi connectivity index (χ1) is 12.0. The molecule has 0 fully saturated rings. The largest absolute Gasteiger partial charge is 0.466 e. The minimum Gasteiger partial charge on any atom is -0.466 e. The van der Waals surface area contributed by atoms with E-state index in [0.29, 0.717) is 5.56 Å². The maximum atomic E-state index is 12.9. The first-order valence-corrected chi connectivity index (χ1v) is 8.10. The molecule has 2 unspecified atom stereocenters. The highest BCUT2D eigenvalue weighted by molar-refractivity contribution is 5.85. The predicted molar refractivity (Wildman–Crippen MR) is 99.2 cm³/mol. The number of carbonyl (C=O) groups is 1. The molecule has 0 aliphatic carbocycles. The van der Waals surface area contributed by atoms with Gasteiger partial charge >= 0.3 is 5.97 Å². The maximum Gasteiger partial charge on any atom is 0.330 e. The Labute approximate surface area is 145 Å².